The van der Waals surface area contributed by atoms with Gasteiger partial charge in [0.05, 0.1) is 17.8 Å². The Balaban J connectivity index is 1.97. The Bertz CT molecular complexity index is 385. The molecule has 0 spiro atoms. The van der Waals surface area contributed by atoms with E-state index in [0.29, 0.717) is 18.1 Å². The first-order valence-corrected chi connectivity index (χ1v) is 6.04. The van der Waals surface area contributed by atoms with Crippen LogP contribution >= 0.6 is 11.3 Å². The van der Waals surface area contributed by atoms with Gasteiger partial charge in [-0.2, -0.15) is 0 Å². The molecule has 0 bridgehead atoms. The SMILES string of the molecule is Cc1nc(NC(=O)C2CC(O)CN2)sc1C. The van der Waals surface area contributed by atoms with Crippen molar-refractivity contribution in [1.29, 1.82) is 0 Å². The Kier molecular flexibility index (Phi) is 3.22. The third kappa shape index (κ3) is 2.40. The van der Waals surface area contributed by atoms with E-state index >= 15 is 0 Å². The number of aliphatic hydroxyl groups excluding tert-OH is 1. The van der Waals surface area contributed by atoms with Crippen LogP contribution in [0.25, 0.3) is 0 Å². The standard InChI is InChI=1S/C10H15N3O2S/c1-5-6(2)16-10(12-5)13-9(15)8-3-7(14)4-11-8/h7-8,11,14H,3-4H2,1-2H3,(H,12,13,15). The van der Waals surface area contributed by atoms with E-state index in [4.69, 9.17) is 0 Å². The van der Waals surface area contributed by atoms with Gasteiger partial charge in [-0.1, -0.05) is 0 Å². The molecule has 0 radical (unpaired) electrons. The monoisotopic (exact) mass is 241 g/mol. The summed E-state index contributed by atoms with van der Waals surface area (Å²) >= 11 is 1.47. The molecular formula is C10H15N3O2S. The molecule has 2 heterocycles. The average molecular weight is 241 g/mol. The minimum absolute atomic E-state index is 0.120. The Hall–Kier alpha value is -0.980. The Morgan fingerprint density at radius 1 is 1.62 bits per heavy atom. The van der Waals surface area contributed by atoms with E-state index in [1.807, 2.05) is 13.8 Å². The highest BCUT2D eigenvalue weighted by Crippen LogP contribution is 2.21. The van der Waals surface area contributed by atoms with Crippen molar-refractivity contribution in [2.75, 3.05) is 11.9 Å². The van der Waals surface area contributed by atoms with Crippen LogP contribution in [0.1, 0.15) is 17.0 Å². The number of aryl methyl sites for hydroxylation is 2. The summed E-state index contributed by atoms with van der Waals surface area (Å²) in [4.78, 5) is 17.1. The number of amides is 1. The molecule has 1 aliphatic rings. The summed E-state index contributed by atoms with van der Waals surface area (Å²) in [5, 5.41) is 15.7. The lowest BCUT2D eigenvalue weighted by Gasteiger charge is -2.08. The number of carbonyl (C=O) groups excluding carboxylic acids is 1. The number of β-amino-alcohol motifs (C(OH)–C–C–N with tert-alkyl or cyclic N) is 1. The molecule has 2 atom stereocenters. The van der Waals surface area contributed by atoms with Crippen molar-refractivity contribution in [3.05, 3.63) is 10.6 Å². The van der Waals surface area contributed by atoms with Crippen LogP contribution in [0.5, 0.6) is 0 Å². The molecule has 1 saturated heterocycles. The summed E-state index contributed by atoms with van der Waals surface area (Å²) < 4.78 is 0. The maximum absolute atomic E-state index is 11.8. The summed E-state index contributed by atoms with van der Waals surface area (Å²) in [5.41, 5.74) is 0.944. The van der Waals surface area contributed by atoms with Gasteiger partial charge < -0.3 is 15.7 Å². The highest BCUT2D eigenvalue weighted by molar-refractivity contribution is 7.15. The van der Waals surface area contributed by atoms with E-state index in [1.54, 1.807) is 0 Å². The third-order valence-corrected chi connectivity index (χ3v) is 3.67. The third-order valence-electron chi connectivity index (χ3n) is 2.68. The molecule has 1 aromatic heterocycles. The van der Waals surface area contributed by atoms with Crippen LogP contribution in [0.3, 0.4) is 0 Å². The first-order chi connectivity index (χ1) is 7.56. The second kappa shape index (κ2) is 4.48. The normalized spacial score (nSPS) is 24.7. The Morgan fingerprint density at radius 3 is 2.88 bits per heavy atom. The summed E-state index contributed by atoms with van der Waals surface area (Å²) in [6, 6.07) is -0.306. The lowest BCUT2D eigenvalue weighted by molar-refractivity contribution is -0.117. The molecular weight excluding hydrogens is 226 g/mol. The Morgan fingerprint density at radius 2 is 2.38 bits per heavy atom. The van der Waals surface area contributed by atoms with Crippen LogP contribution in [-0.4, -0.2) is 34.7 Å². The average Bonchev–Trinajstić information content (AvgIpc) is 2.75. The molecule has 16 heavy (non-hydrogen) atoms. The quantitative estimate of drug-likeness (QED) is 0.701. The molecule has 0 aliphatic carbocycles. The van der Waals surface area contributed by atoms with E-state index in [-0.39, 0.29) is 11.9 Å². The van der Waals surface area contributed by atoms with Gasteiger partial charge in [0.15, 0.2) is 5.13 Å². The predicted octanol–water partition coefficient (Wildman–Crippen LogP) is 0.421. The highest BCUT2D eigenvalue weighted by Gasteiger charge is 2.28. The summed E-state index contributed by atoms with van der Waals surface area (Å²) in [5.74, 6) is -0.120. The Labute approximate surface area is 97.9 Å². The van der Waals surface area contributed by atoms with Gasteiger partial charge in [-0.15, -0.1) is 11.3 Å². The molecule has 3 N–H and O–H groups in total. The molecule has 0 aromatic carbocycles. The molecule has 88 valence electrons. The van der Waals surface area contributed by atoms with Crippen LogP contribution in [0, 0.1) is 13.8 Å². The lowest BCUT2D eigenvalue weighted by atomic mass is 10.2. The fraction of sp³-hybridized carbons (Fsp3) is 0.600. The van der Waals surface area contributed by atoms with Gasteiger partial charge in [0.1, 0.15) is 0 Å². The highest BCUT2D eigenvalue weighted by atomic mass is 32.1. The van der Waals surface area contributed by atoms with Crippen molar-refractivity contribution in [3.63, 3.8) is 0 Å². The van der Waals surface area contributed by atoms with E-state index in [0.717, 1.165) is 10.6 Å². The van der Waals surface area contributed by atoms with E-state index in [2.05, 4.69) is 15.6 Å². The number of hydrogen-bond acceptors (Lipinski definition) is 5. The smallest absolute Gasteiger partial charge is 0.243 e. The van der Waals surface area contributed by atoms with Crippen molar-refractivity contribution in [2.45, 2.75) is 32.4 Å². The van der Waals surface area contributed by atoms with E-state index in [1.165, 1.54) is 11.3 Å². The second-order valence-electron chi connectivity index (χ2n) is 4.00. The zero-order chi connectivity index (χ0) is 11.7. The van der Waals surface area contributed by atoms with Gasteiger partial charge in [0.25, 0.3) is 0 Å². The van der Waals surface area contributed by atoms with Crippen LogP contribution in [0.2, 0.25) is 0 Å². The fourth-order valence-corrected chi connectivity index (χ4v) is 2.45. The number of aromatic nitrogens is 1. The first kappa shape index (κ1) is 11.5. The number of anilines is 1. The minimum Gasteiger partial charge on any atom is -0.392 e. The van der Waals surface area contributed by atoms with Crippen molar-refractivity contribution in [2.24, 2.45) is 0 Å². The van der Waals surface area contributed by atoms with Crippen LogP contribution in [-0.2, 0) is 4.79 Å². The lowest BCUT2D eigenvalue weighted by Crippen LogP contribution is -2.35. The molecule has 6 heteroatoms. The number of thiazole rings is 1. The van der Waals surface area contributed by atoms with Crippen LogP contribution in [0.15, 0.2) is 0 Å². The maximum Gasteiger partial charge on any atom is 0.243 e. The second-order valence-corrected chi connectivity index (χ2v) is 5.20. The van der Waals surface area contributed by atoms with Gasteiger partial charge in [0, 0.05) is 11.4 Å². The minimum atomic E-state index is -0.421. The molecule has 1 aromatic rings. The zero-order valence-corrected chi connectivity index (χ0v) is 10.1. The first-order valence-electron chi connectivity index (χ1n) is 5.22. The number of hydrogen-bond donors (Lipinski definition) is 3. The van der Waals surface area contributed by atoms with Gasteiger partial charge >= 0.3 is 0 Å². The largest absolute Gasteiger partial charge is 0.392 e. The van der Waals surface area contributed by atoms with Crippen molar-refractivity contribution in [3.8, 4) is 0 Å². The van der Waals surface area contributed by atoms with E-state index in [9.17, 15) is 9.90 Å². The van der Waals surface area contributed by atoms with Gasteiger partial charge in [-0.3, -0.25) is 4.79 Å². The molecule has 0 saturated carbocycles. The molecule has 2 rings (SSSR count). The fourth-order valence-electron chi connectivity index (χ4n) is 1.64. The molecule has 1 aliphatic heterocycles. The van der Waals surface area contributed by atoms with Gasteiger partial charge in [-0.05, 0) is 20.3 Å². The van der Waals surface area contributed by atoms with Crippen molar-refractivity contribution >= 4 is 22.4 Å². The number of rotatable bonds is 2. The molecule has 5 nitrogen and oxygen atoms in total. The van der Waals surface area contributed by atoms with Crippen LogP contribution in [0.4, 0.5) is 5.13 Å². The number of carbonyl (C=O) groups is 1. The summed E-state index contributed by atoms with van der Waals surface area (Å²) in [6.07, 6.45) is 0.0466. The van der Waals surface area contributed by atoms with E-state index < -0.39 is 6.10 Å². The molecule has 1 amide bonds. The number of nitrogens with one attached hydrogen (secondary N) is 2. The topological polar surface area (TPSA) is 74.2 Å². The van der Waals surface area contributed by atoms with Crippen LogP contribution < -0.4 is 10.6 Å². The van der Waals surface area contributed by atoms with Crippen molar-refractivity contribution in [1.82, 2.24) is 10.3 Å². The molecule has 2 unspecified atom stereocenters. The molecule has 1 fully saturated rings. The maximum atomic E-state index is 11.8. The van der Waals surface area contributed by atoms with Crippen molar-refractivity contribution < 1.29 is 9.90 Å². The number of nitrogens with zero attached hydrogens (tertiary/aromatic N) is 1. The predicted molar refractivity (Wildman–Crippen MR) is 62.6 cm³/mol. The van der Waals surface area contributed by atoms with Gasteiger partial charge in [-0.25, -0.2) is 4.98 Å². The summed E-state index contributed by atoms with van der Waals surface area (Å²) in [7, 11) is 0. The zero-order valence-electron chi connectivity index (χ0n) is 9.28. The van der Waals surface area contributed by atoms with Gasteiger partial charge in [0.2, 0.25) is 5.91 Å². The number of aliphatic hydroxyl groups is 1. The summed E-state index contributed by atoms with van der Waals surface area (Å²) in [6.45, 7) is 4.37.